The summed E-state index contributed by atoms with van der Waals surface area (Å²) in [5.41, 5.74) is 0. The number of rotatable bonds is 46. The Balaban J connectivity index is 4.44. The molecule has 0 aromatic carbocycles. The first-order valence-corrected chi connectivity index (χ1v) is 25.8. The van der Waals surface area contributed by atoms with E-state index in [0.29, 0.717) is 19.3 Å². The molecular formula is C55H96O6. The molecule has 0 aromatic heterocycles. The maximum absolute atomic E-state index is 12.8. The van der Waals surface area contributed by atoms with Crippen molar-refractivity contribution in [3.63, 3.8) is 0 Å². The highest BCUT2D eigenvalue weighted by Gasteiger charge is 2.19. The van der Waals surface area contributed by atoms with E-state index < -0.39 is 6.10 Å². The van der Waals surface area contributed by atoms with Gasteiger partial charge in [-0.25, -0.2) is 0 Å². The van der Waals surface area contributed by atoms with E-state index in [-0.39, 0.29) is 37.5 Å². The van der Waals surface area contributed by atoms with Crippen LogP contribution in [0, 0.1) is 0 Å². The van der Waals surface area contributed by atoms with Gasteiger partial charge in [-0.2, -0.15) is 0 Å². The van der Waals surface area contributed by atoms with Crippen LogP contribution >= 0.6 is 0 Å². The fourth-order valence-corrected chi connectivity index (χ4v) is 7.16. The molecule has 6 heteroatoms. The number of hydrogen-bond donors (Lipinski definition) is 0. The van der Waals surface area contributed by atoms with Crippen LogP contribution < -0.4 is 0 Å². The quantitative estimate of drug-likeness (QED) is 0.0263. The highest BCUT2D eigenvalue weighted by molar-refractivity contribution is 5.71. The molecule has 0 fully saturated rings. The molecule has 61 heavy (non-hydrogen) atoms. The van der Waals surface area contributed by atoms with Crippen molar-refractivity contribution < 1.29 is 28.6 Å². The standard InChI is InChI=1S/C55H96O6/c1-4-7-10-13-16-19-22-25-27-28-31-33-36-39-42-45-48-54(57)60-51-52(50-59-53(56)47-44-41-38-35-32-29-24-21-18-15-12-9-6-3)61-55(58)49-46-43-40-37-34-30-26-23-20-17-14-11-8-5-2/h8,11,17,20,26,29-30,32,38,41,52H,4-7,9-10,12-16,18-19,21-25,27-28,31,33-37,39-40,42-51H2,1-3H3/b11-8+,20-17+,30-26+,32-29+,41-38+. The highest BCUT2D eigenvalue weighted by Crippen LogP contribution is 2.15. The van der Waals surface area contributed by atoms with Crippen LogP contribution in [0.5, 0.6) is 0 Å². The third-order valence-electron chi connectivity index (χ3n) is 11.0. The van der Waals surface area contributed by atoms with Crippen molar-refractivity contribution in [3.05, 3.63) is 60.8 Å². The lowest BCUT2D eigenvalue weighted by Gasteiger charge is -2.18. The van der Waals surface area contributed by atoms with Crippen LogP contribution in [0.4, 0.5) is 0 Å². The Morgan fingerprint density at radius 2 is 0.672 bits per heavy atom. The molecule has 0 rings (SSSR count). The van der Waals surface area contributed by atoms with Gasteiger partial charge in [-0.05, 0) is 70.6 Å². The summed E-state index contributed by atoms with van der Waals surface area (Å²) in [4.78, 5) is 37.9. The third-order valence-corrected chi connectivity index (χ3v) is 11.0. The zero-order valence-corrected chi connectivity index (χ0v) is 40.2. The summed E-state index contributed by atoms with van der Waals surface area (Å²) in [5, 5.41) is 0. The van der Waals surface area contributed by atoms with Crippen molar-refractivity contribution in [2.45, 2.75) is 258 Å². The lowest BCUT2D eigenvalue weighted by atomic mass is 10.0. The molecule has 0 saturated heterocycles. The van der Waals surface area contributed by atoms with Gasteiger partial charge in [-0.1, -0.05) is 223 Å². The molecule has 0 saturated carbocycles. The molecule has 0 radical (unpaired) electrons. The van der Waals surface area contributed by atoms with E-state index in [4.69, 9.17) is 14.2 Å². The van der Waals surface area contributed by atoms with E-state index in [1.165, 1.54) is 122 Å². The van der Waals surface area contributed by atoms with Crippen molar-refractivity contribution in [2.24, 2.45) is 0 Å². The Morgan fingerprint density at radius 1 is 0.344 bits per heavy atom. The number of ether oxygens (including phenoxy) is 3. The van der Waals surface area contributed by atoms with Gasteiger partial charge < -0.3 is 14.2 Å². The molecule has 352 valence electrons. The molecule has 0 aliphatic carbocycles. The van der Waals surface area contributed by atoms with E-state index in [1.54, 1.807) is 0 Å². The van der Waals surface area contributed by atoms with Gasteiger partial charge in [-0.15, -0.1) is 0 Å². The second-order valence-electron chi connectivity index (χ2n) is 17.1. The van der Waals surface area contributed by atoms with Crippen LogP contribution in [0.2, 0.25) is 0 Å². The molecule has 0 bridgehead atoms. The Kier molecular flexibility index (Phi) is 47.4. The van der Waals surface area contributed by atoms with Gasteiger partial charge in [0.2, 0.25) is 0 Å². The second kappa shape index (κ2) is 49.8. The second-order valence-corrected chi connectivity index (χ2v) is 17.1. The van der Waals surface area contributed by atoms with E-state index in [0.717, 1.165) is 83.5 Å². The predicted molar refractivity (Wildman–Crippen MR) is 261 cm³/mol. The summed E-state index contributed by atoms with van der Waals surface area (Å²) in [7, 11) is 0. The zero-order chi connectivity index (χ0) is 44.4. The summed E-state index contributed by atoms with van der Waals surface area (Å²) in [6, 6.07) is 0. The van der Waals surface area contributed by atoms with Gasteiger partial charge in [0.25, 0.3) is 0 Å². The molecule has 0 amide bonds. The average Bonchev–Trinajstić information content (AvgIpc) is 3.26. The summed E-state index contributed by atoms with van der Waals surface area (Å²) >= 11 is 0. The molecule has 1 atom stereocenters. The molecule has 6 nitrogen and oxygen atoms in total. The normalized spacial score (nSPS) is 12.5. The monoisotopic (exact) mass is 853 g/mol. The Hall–Kier alpha value is -2.89. The van der Waals surface area contributed by atoms with Crippen LogP contribution in [0.25, 0.3) is 0 Å². The SMILES string of the molecule is CC/C=C/C/C=C/C/C=C/CCCCCCC(=O)OC(COC(=O)CC/C=C/C/C=C/CCCCCCCC)COC(=O)CCCCCCCCCCCCCCCCCC. The average molecular weight is 853 g/mol. The number of unbranched alkanes of at least 4 members (excludes halogenated alkanes) is 25. The lowest BCUT2D eigenvalue weighted by Crippen LogP contribution is -2.30. The molecule has 0 aliphatic rings. The summed E-state index contributed by atoms with van der Waals surface area (Å²) in [5.74, 6) is -0.987. The topological polar surface area (TPSA) is 78.9 Å². The fourth-order valence-electron chi connectivity index (χ4n) is 7.16. The van der Waals surface area contributed by atoms with E-state index in [2.05, 4.69) is 75.5 Å². The van der Waals surface area contributed by atoms with Crippen molar-refractivity contribution in [1.82, 2.24) is 0 Å². The number of allylic oxidation sites excluding steroid dienone is 10. The van der Waals surface area contributed by atoms with E-state index in [1.807, 2.05) is 6.08 Å². The number of hydrogen-bond acceptors (Lipinski definition) is 6. The minimum atomic E-state index is -0.805. The molecule has 1 unspecified atom stereocenters. The molecule has 0 N–H and O–H groups in total. The van der Waals surface area contributed by atoms with Crippen molar-refractivity contribution in [3.8, 4) is 0 Å². The van der Waals surface area contributed by atoms with E-state index >= 15 is 0 Å². The van der Waals surface area contributed by atoms with Crippen LogP contribution in [0.1, 0.15) is 252 Å². The summed E-state index contributed by atoms with van der Waals surface area (Å²) < 4.78 is 16.7. The summed E-state index contributed by atoms with van der Waals surface area (Å²) in [6.07, 6.45) is 60.7. The summed E-state index contributed by atoms with van der Waals surface area (Å²) in [6.45, 7) is 6.46. The van der Waals surface area contributed by atoms with Crippen LogP contribution in [-0.2, 0) is 28.6 Å². The fraction of sp³-hybridized carbons (Fsp3) is 0.764. The van der Waals surface area contributed by atoms with Crippen molar-refractivity contribution in [1.29, 1.82) is 0 Å². The molecule has 0 spiro atoms. The van der Waals surface area contributed by atoms with Crippen molar-refractivity contribution in [2.75, 3.05) is 13.2 Å². The van der Waals surface area contributed by atoms with Crippen LogP contribution in [0.15, 0.2) is 60.8 Å². The van der Waals surface area contributed by atoms with Gasteiger partial charge in [0.1, 0.15) is 13.2 Å². The van der Waals surface area contributed by atoms with Gasteiger partial charge in [0, 0.05) is 19.3 Å². The molecular weight excluding hydrogens is 757 g/mol. The maximum atomic E-state index is 12.8. The Labute approximate surface area is 377 Å². The minimum absolute atomic E-state index is 0.0986. The molecule has 0 aliphatic heterocycles. The van der Waals surface area contributed by atoms with E-state index in [9.17, 15) is 14.4 Å². The number of carbonyl (C=O) groups is 3. The zero-order valence-electron chi connectivity index (χ0n) is 40.2. The highest BCUT2D eigenvalue weighted by atomic mass is 16.6. The largest absolute Gasteiger partial charge is 0.462 e. The molecule has 0 aromatic rings. The lowest BCUT2D eigenvalue weighted by molar-refractivity contribution is -0.166. The first-order chi connectivity index (χ1) is 30.0. The minimum Gasteiger partial charge on any atom is -0.462 e. The van der Waals surface area contributed by atoms with Gasteiger partial charge in [0.15, 0.2) is 6.10 Å². The van der Waals surface area contributed by atoms with Crippen LogP contribution in [0.3, 0.4) is 0 Å². The van der Waals surface area contributed by atoms with Gasteiger partial charge in [-0.3, -0.25) is 14.4 Å². The maximum Gasteiger partial charge on any atom is 0.306 e. The first-order valence-electron chi connectivity index (χ1n) is 25.8. The van der Waals surface area contributed by atoms with Crippen LogP contribution in [-0.4, -0.2) is 37.2 Å². The smallest absolute Gasteiger partial charge is 0.306 e. The Morgan fingerprint density at radius 3 is 1.10 bits per heavy atom. The number of carbonyl (C=O) groups excluding carboxylic acids is 3. The first kappa shape index (κ1) is 58.1. The third kappa shape index (κ3) is 48.0. The predicted octanol–water partition coefficient (Wildman–Crippen LogP) is 16.9. The Bertz CT molecular complexity index is 1120. The van der Waals surface area contributed by atoms with Crippen molar-refractivity contribution >= 4 is 17.9 Å². The van der Waals surface area contributed by atoms with Gasteiger partial charge >= 0.3 is 17.9 Å². The van der Waals surface area contributed by atoms with Gasteiger partial charge in [0.05, 0.1) is 0 Å². The molecule has 0 heterocycles. The number of esters is 3.